The average Bonchev–Trinajstić information content (AvgIpc) is 2.70. The van der Waals surface area contributed by atoms with Crippen LogP contribution in [0.15, 0.2) is 24.4 Å². The second-order valence-corrected chi connectivity index (χ2v) is 2.88. The lowest BCUT2D eigenvalue weighted by Gasteiger charge is -2.00. The smallest absolute Gasteiger partial charge is 0.150 e. The van der Waals surface area contributed by atoms with E-state index in [9.17, 15) is 8.78 Å². The molecule has 1 N–H and O–H groups in total. The van der Waals surface area contributed by atoms with Crippen molar-refractivity contribution in [2.45, 2.75) is 6.61 Å². The molecule has 0 fully saturated rings. The normalized spacial score (nSPS) is 10.6. The molecule has 0 saturated heterocycles. The van der Waals surface area contributed by atoms with Crippen LogP contribution < -0.4 is 0 Å². The van der Waals surface area contributed by atoms with E-state index in [4.69, 9.17) is 5.11 Å². The topological polar surface area (TPSA) is 50.9 Å². The lowest BCUT2D eigenvalue weighted by Crippen LogP contribution is -2.03. The quantitative estimate of drug-likeness (QED) is 0.807. The summed E-state index contributed by atoms with van der Waals surface area (Å²) in [6, 6.07) is 2.98. The van der Waals surface area contributed by atoms with Crippen molar-refractivity contribution < 1.29 is 13.9 Å². The van der Waals surface area contributed by atoms with Crippen LogP contribution in [-0.2, 0) is 6.61 Å². The Hall–Kier alpha value is -1.82. The van der Waals surface area contributed by atoms with Gasteiger partial charge in [0.05, 0.1) is 12.8 Å². The summed E-state index contributed by atoms with van der Waals surface area (Å²) in [4.78, 5) is 0.934. The maximum Gasteiger partial charge on any atom is 0.150 e. The molecule has 0 aliphatic heterocycles. The largest absolute Gasteiger partial charge is 0.390 e. The Balaban J connectivity index is 2.48. The molecule has 0 bridgehead atoms. The number of halogens is 2. The highest BCUT2D eigenvalue weighted by atomic mass is 19.1. The Morgan fingerprint density at radius 2 is 2.13 bits per heavy atom. The minimum absolute atomic E-state index is 0.0882. The maximum absolute atomic E-state index is 13.2. The molecule has 0 unspecified atom stereocenters. The van der Waals surface area contributed by atoms with Crippen LogP contribution in [0, 0.1) is 11.6 Å². The first-order valence-corrected chi connectivity index (χ1v) is 4.18. The summed E-state index contributed by atoms with van der Waals surface area (Å²) in [5.41, 5.74) is 0.202. The molecule has 0 radical (unpaired) electrons. The van der Waals surface area contributed by atoms with Gasteiger partial charge in [-0.15, -0.1) is 4.80 Å². The van der Waals surface area contributed by atoms with E-state index in [-0.39, 0.29) is 12.3 Å². The van der Waals surface area contributed by atoms with Gasteiger partial charge in [0.15, 0.2) is 5.82 Å². The van der Waals surface area contributed by atoms with Crippen LogP contribution in [0.3, 0.4) is 0 Å². The molecule has 0 amide bonds. The van der Waals surface area contributed by atoms with E-state index >= 15 is 0 Å². The summed E-state index contributed by atoms with van der Waals surface area (Å²) in [7, 11) is 0. The predicted octanol–water partition coefficient (Wildman–Crippen LogP) is 1.04. The number of nitrogens with zero attached hydrogens (tertiary/aromatic N) is 3. The highest BCUT2D eigenvalue weighted by Crippen LogP contribution is 2.12. The van der Waals surface area contributed by atoms with E-state index < -0.39 is 11.6 Å². The fourth-order valence-corrected chi connectivity index (χ4v) is 1.12. The van der Waals surface area contributed by atoms with Crippen LogP contribution in [0.4, 0.5) is 8.78 Å². The summed E-state index contributed by atoms with van der Waals surface area (Å²) in [5.74, 6) is -1.20. The molecule has 0 spiro atoms. The van der Waals surface area contributed by atoms with Crippen LogP contribution in [0.2, 0.25) is 0 Å². The fourth-order valence-electron chi connectivity index (χ4n) is 1.12. The zero-order valence-corrected chi connectivity index (χ0v) is 7.56. The predicted molar refractivity (Wildman–Crippen MR) is 47.2 cm³/mol. The number of aliphatic hydroxyl groups is 1. The lowest BCUT2D eigenvalue weighted by atomic mass is 10.3. The van der Waals surface area contributed by atoms with Crippen molar-refractivity contribution in [1.29, 1.82) is 0 Å². The number of rotatable bonds is 2. The molecule has 1 heterocycles. The van der Waals surface area contributed by atoms with Crippen molar-refractivity contribution in [3.8, 4) is 5.69 Å². The Bertz CT molecular complexity index is 484. The van der Waals surface area contributed by atoms with Crippen LogP contribution >= 0.6 is 0 Å². The van der Waals surface area contributed by atoms with Gasteiger partial charge in [0.2, 0.25) is 0 Å². The van der Waals surface area contributed by atoms with Crippen LogP contribution in [0.25, 0.3) is 5.69 Å². The molecule has 0 atom stereocenters. The van der Waals surface area contributed by atoms with Crippen molar-refractivity contribution in [3.63, 3.8) is 0 Å². The number of hydrogen-bond acceptors (Lipinski definition) is 3. The Labute approximate surface area is 83.8 Å². The molecule has 1 aromatic carbocycles. The molecular formula is C9H7F2N3O. The van der Waals surface area contributed by atoms with Gasteiger partial charge >= 0.3 is 0 Å². The molecular weight excluding hydrogens is 204 g/mol. The third-order valence-corrected chi connectivity index (χ3v) is 1.82. The summed E-state index contributed by atoms with van der Waals surface area (Å²) < 4.78 is 26.1. The van der Waals surface area contributed by atoms with Crippen molar-refractivity contribution in [2.75, 3.05) is 0 Å². The zero-order chi connectivity index (χ0) is 10.8. The van der Waals surface area contributed by atoms with E-state index in [1.165, 1.54) is 6.20 Å². The zero-order valence-electron chi connectivity index (χ0n) is 7.56. The summed E-state index contributed by atoms with van der Waals surface area (Å²) in [6.45, 7) is -0.295. The van der Waals surface area contributed by atoms with Crippen molar-refractivity contribution in [3.05, 3.63) is 41.7 Å². The first-order chi connectivity index (χ1) is 7.20. The summed E-state index contributed by atoms with van der Waals surface area (Å²) >= 11 is 0. The Morgan fingerprint density at radius 3 is 2.80 bits per heavy atom. The minimum atomic E-state index is -0.628. The minimum Gasteiger partial charge on any atom is -0.390 e. The molecule has 2 rings (SSSR count). The second-order valence-electron chi connectivity index (χ2n) is 2.88. The van der Waals surface area contributed by atoms with Crippen LogP contribution in [0.1, 0.15) is 5.69 Å². The number of aliphatic hydroxyl groups excluding tert-OH is 1. The molecule has 78 valence electrons. The molecule has 6 heteroatoms. The van der Waals surface area contributed by atoms with Gasteiger partial charge in [-0.05, 0) is 12.1 Å². The average molecular weight is 211 g/mol. The summed E-state index contributed by atoms with van der Waals surface area (Å²) in [5, 5.41) is 16.2. The monoisotopic (exact) mass is 211 g/mol. The first kappa shape index (κ1) is 9.72. The molecule has 1 aromatic heterocycles. The van der Waals surface area contributed by atoms with E-state index in [1.807, 2.05) is 0 Å². The molecule has 2 aromatic rings. The van der Waals surface area contributed by atoms with Crippen LogP contribution in [-0.4, -0.2) is 20.1 Å². The van der Waals surface area contributed by atoms with Crippen molar-refractivity contribution in [1.82, 2.24) is 15.0 Å². The molecule has 4 nitrogen and oxygen atoms in total. The highest BCUT2D eigenvalue weighted by molar-refractivity contribution is 5.31. The van der Waals surface area contributed by atoms with Gasteiger partial charge in [-0.3, -0.25) is 0 Å². The van der Waals surface area contributed by atoms with Gasteiger partial charge in [0.1, 0.15) is 17.2 Å². The van der Waals surface area contributed by atoms with E-state index in [0.717, 1.165) is 23.0 Å². The Morgan fingerprint density at radius 1 is 1.33 bits per heavy atom. The van der Waals surface area contributed by atoms with Crippen molar-refractivity contribution >= 4 is 0 Å². The standard InChI is InChI=1S/C9H7F2N3O/c10-6-1-2-8(11)9(3-6)14-12-4-7(5-15)13-14/h1-4,15H,5H2. The third kappa shape index (κ3) is 1.84. The van der Waals surface area contributed by atoms with Crippen LogP contribution in [0.5, 0.6) is 0 Å². The van der Waals surface area contributed by atoms with Gasteiger partial charge in [-0.25, -0.2) is 8.78 Å². The third-order valence-electron chi connectivity index (χ3n) is 1.82. The molecule has 0 saturated carbocycles. The first-order valence-electron chi connectivity index (χ1n) is 4.18. The molecule has 0 aliphatic carbocycles. The summed E-state index contributed by atoms with van der Waals surface area (Å²) in [6.07, 6.45) is 1.28. The second kappa shape index (κ2) is 3.74. The number of hydrogen-bond donors (Lipinski definition) is 1. The number of aromatic nitrogens is 3. The van der Waals surface area contributed by atoms with E-state index in [1.54, 1.807) is 0 Å². The van der Waals surface area contributed by atoms with Gasteiger partial charge in [-0.1, -0.05) is 0 Å². The van der Waals surface area contributed by atoms with Crippen molar-refractivity contribution in [2.24, 2.45) is 0 Å². The van der Waals surface area contributed by atoms with Gasteiger partial charge < -0.3 is 5.11 Å². The number of benzene rings is 1. The SMILES string of the molecule is OCc1cnn(-c2cc(F)ccc2F)n1. The van der Waals surface area contributed by atoms with E-state index in [0.29, 0.717) is 5.69 Å². The molecule has 0 aliphatic rings. The molecule has 15 heavy (non-hydrogen) atoms. The fraction of sp³-hybridized carbons (Fsp3) is 0.111. The van der Waals surface area contributed by atoms with Gasteiger partial charge in [0, 0.05) is 6.07 Å². The van der Waals surface area contributed by atoms with Gasteiger partial charge in [-0.2, -0.15) is 10.2 Å². The highest BCUT2D eigenvalue weighted by Gasteiger charge is 2.08. The van der Waals surface area contributed by atoms with Gasteiger partial charge in [0.25, 0.3) is 0 Å². The van der Waals surface area contributed by atoms with E-state index in [2.05, 4.69) is 10.2 Å². The maximum atomic E-state index is 13.2. The lowest BCUT2D eigenvalue weighted by molar-refractivity contribution is 0.276. The Kier molecular flexibility index (Phi) is 2.42.